The number of hydrogen-bond acceptors (Lipinski definition) is 4. The first-order valence-electron chi connectivity index (χ1n) is 4.17. The van der Waals surface area contributed by atoms with E-state index in [1.165, 1.54) is 18.2 Å². The van der Waals surface area contributed by atoms with Gasteiger partial charge in [-0.3, -0.25) is 4.79 Å². The largest absolute Gasteiger partial charge is 0.462 e. The van der Waals surface area contributed by atoms with E-state index in [1.807, 2.05) is 6.07 Å². The molecule has 0 heterocycles. The Labute approximate surface area is 96.6 Å². The van der Waals surface area contributed by atoms with E-state index in [4.69, 9.17) is 16.9 Å². The van der Waals surface area contributed by atoms with Crippen molar-refractivity contribution in [1.82, 2.24) is 0 Å². The summed E-state index contributed by atoms with van der Waals surface area (Å²) in [7, 11) is 1.09. The molecule has 0 fully saturated rings. The van der Waals surface area contributed by atoms with E-state index in [9.17, 15) is 9.59 Å². The quantitative estimate of drug-likeness (QED) is 0.591. The number of carbonyl (C=O) groups is 2. The first kappa shape index (κ1) is 12.0. The molecule has 0 saturated heterocycles. The summed E-state index contributed by atoms with van der Waals surface area (Å²) in [6.07, 6.45) is 0. The van der Waals surface area contributed by atoms with Crippen LogP contribution in [0.2, 0.25) is 5.02 Å². The number of nitrogens with one attached hydrogen (secondary N) is 1. The third-order valence-electron chi connectivity index (χ3n) is 1.72. The van der Waals surface area contributed by atoms with Gasteiger partial charge in [-0.1, -0.05) is 11.6 Å². The van der Waals surface area contributed by atoms with Gasteiger partial charge in [0.25, 0.3) is 0 Å². The number of anilines is 1. The maximum Gasteiger partial charge on any atom is 0.396 e. The Morgan fingerprint density at radius 1 is 1.50 bits per heavy atom. The lowest BCUT2D eigenvalue weighted by Crippen LogP contribution is -2.24. The van der Waals surface area contributed by atoms with Crippen LogP contribution in [0.5, 0.6) is 0 Å². The van der Waals surface area contributed by atoms with Gasteiger partial charge in [-0.15, -0.1) is 0 Å². The van der Waals surface area contributed by atoms with Gasteiger partial charge in [0.1, 0.15) is 6.07 Å². The van der Waals surface area contributed by atoms with Crippen LogP contribution >= 0.6 is 11.6 Å². The van der Waals surface area contributed by atoms with Crippen molar-refractivity contribution in [3.05, 3.63) is 28.8 Å². The van der Waals surface area contributed by atoms with Gasteiger partial charge in [0.05, 0.1) is 18.4 Å². The van der Waals surface area contributed by atoms with Gasteiger partial charge >= 0.3 is 11.9 Å². The molecule has 16 heavy (non-hydrogen) atoms. The molecule has 6 heteroatoms. The number of methoxy groups -OCH3 is 1. The molecule has 0 bridgehead atoms. The number of benzene rings is 1. The number of esters is 1. The Morgan fingerprint density at radius 2 is 2.19 bits per heavy atom. The second kappa shape index (κ2) is 5.14. The Balaban J connectivity index is 2.97. The van der Waals surface area contributed by atoms with Crippen LogP contribution < -0.4 is 5.32 Å². The topological polar surface area (TPSA) is 79.2 Å². The SMILES string of the molecule is COC(=O)C(=O)Nc1cc(Cl)ccc1C#N. The molecule has 5 nitrogen and oxygen atoms in total. The summed E-state index contributed by atoms with van der Waals surface area (Å²) in [5, 5.41) is 11.3. The Kier molecular flexibility index (Phi) is 3.86. The van der Waals surface area contributed by atoms with Crippen LogP contribution in [0.25, 0.3) is 0 Å². The predicted molar refractivity (Wildman–Crippen MR) is 56.8 cm³/mol. The predicted octanol–water partition coefficient (Wildman–Crippen LogP) is 1.32. The van der Waals surface area contributed by atoms with Crippen LogP contribution in [-0.2, 0) is 14.3 Å². The second-order valence-corrected chi connectivity index (χ2v) is 3.18. The molecule has 0 spiro atoms. The third-order valence-corrected chi connectivity index (χ3v) is 1.96. The molecule has 0 unspecified atom stereocenters. The van der Waals surface area contributed by atoms with E-state index in [2.05, 4.69) is 10.1 Å². The number of amides is 1. The van der Waals surface area contributed by atoms with Crippen molar-refractivity contribution in [2.45, 2.75) is 0 Å². The summed E-state index contributed by atoms with van der Waals surface area (Å²) in [5.74, 6) is -2.00. The first-order chi connectivity index (χ1) is 7.58. The fourth-order valence-electron chi connectivity index (χ4n) is 0.983. The Hall–Kier alpha value is -2.06. The van der Waals surface area contributed by atoms with Crippen LogP contribution in [0.3, 0.4) is 0 Å². The van der Waals surface area contributed by atoms with E-state index < -0.39 is 11.9 Å². The maximum atomic E-state index is 11.2. The minimum absolute atomic E-state index is 0.172. The standard InChI is InChI=1S/C10H7ClN2O3/c1-16-10(15)9(14)13-8-4-7(11)3-2-6(8)5-12/h2-4H,1H3,(H,13,14). The van der Waals surface area contributed by atoms with Gasteiger partial charge in [-0.2, -0.15) is 5.26 Å². The summed E-state index contributed by atoms with van der Waals surface area (Å²) in [4.78, 5) is 22.0. The maximum absolute atomic E-state index is 11.2. The van der Waals surface area contributed by atoms with Crippen molar-refractivity contribution in [3.63, 3.8) is 0 Å². The monoisotopic (exact) mass is 238 g/mol. The van der Waals surface area contributed by atoms with Gasteiger partial charge in [0.2, 0.25) is 0 Å². The van der Waals surface area contributed by atoms with Crippen molar-refractivity contribution in [2.75, 3.05) is 12.4 Å². The van der Waals surface area contributed by atoms with E-state index in [1.54, 1.807) is 0 Å². The molecule has 0 aliphatic carbocycles. The summed E-state index contributed by atoms with van der Waals surface area (Å²) in [5.41, 5.74) is 0.382. The highest BCUT2D eigenvalue weighted by atomic mass is 35.5. The molecule has 1 aromatic rings. The van der Waals surface area contributed by atoms with Crippen molar-refractivity contribution >= 4 is 29.2 Å². The summed E-state index contributed by atoms with van der Waals surface area (Å²) >= 11 is 5.69. The van der Waals surface area contributed by atoms with Crippen molar-refractivity contribution < 1.29 is 14.3 Å². The highest BCUT2D eigenvalue weighted by molar-refractivity contribution is 6.37. The molecule has 1 N–H and O–H groups in total. The van der Waals surface area contributed by atoms with Crippen molar-refractivity contribution in [1.29, 1.82) is 5.26 Å². The minimum Gasteiger partial charge on any atom is -0.462 e. The number of hydrogen-bond donors (Lipinski definition) is 1. The van der Waals surface area contributed by atoms with Gasteiger partial charge in [0.15, 0.2) is 0 Å². The zero-order valence-corrected chi connectivity index (χ0v) is 9.04. The lowest BCUT2D eigenvalue weighted by Gasteiger charge is -2.05. The van der Waals surface area contributed by atoms with E-state index in [0.29, 0.717) is 5.02 Å². The van der Waals surface area contributed by atoms with Crippen molar-refractivity contribution in [3.8, 4) is 6.07 Å². The highest BCUT2D eigenvalue weighted by Gasteiger charge is 2.15. The molecule has 0 atom stereocenters. The highest BCUT2D eigenvalue weighted by Crippen LogP contribution is 2.20. The summed E-state index contributed by atoms with van der Waals surface area (Å²) < 4.78 is 4.22. The fourth-order valence-corrected chi connectivity index (χ4v) is 1.16. The van der Waals surface area contributed by atoms with Crippen LogP contribution in [0.1, 0.15) is 5.56 Å². The molecule has 1 rings (SSSR count). The van der Waals surface area contributed by atoms with E-state index >= 15 is 0 Å². The van der Waals surface area contributed by atoms with Crippen LogP contribution in [0, 0.1) is 11.3 Å². The molecule has 1 amide bonds. The normalized spacial score (nSPS) is 9.06. The van der Waals surface area contributed by atoms with Gasteiger partial charge < -0.3 is 10.1 Å². The molecule has 82 valence electrons. The lowest BCUT2D eigenvalue weighted by molar-refractivity contribution is -0.150. The third kappa shape index (κ3) is 2.72. The molecule has 1 aromatic carbocycles. The molecule has 0 aromatic heterocycles. The smallest absolute Gasteiger partial charge is 0.396 e. The van der Waals surface area contributed by atoms with Crippen LogP contribution in [0.4, 0.5) is 5.69 Å². The fraction of sp³-hybridized carbons (Fsp3) is 0.100. The van der Waals surface area contributed by atoms with Crippen LogP contribution in [-0.4, -0.2) is 19.0 Å². The average molecular weight is 239 g/mol. The first-order valence-corrected chi connectivity index (χ1v) is 4.55. The van der Waals surface area contributed by atoms with Gasteiger partial charge in [-0.05, 0) is 18.2 Å². The zero-order chi connectivity index (χ0) is 12.1. The Bertz CT molecular complexity index is 479. The van der Waals surface area contributed by atoms with Gasteiger partial charge in [0, 0.05) is 5.02 Å². The second-order valence-electron chi connectivity index (χ2n) is 2.75. The van der Waals surface area contributed by atoms with E-state index in [0.717, 1.165) is 7.11 Å². The average Bonchev–Trinajstić information content (AvgIpc) is 2.28. The minimum atomic E-state index is -1.04. The molecule has 0 radical (unpaired) electrons. The number of nitrogens with zero attached hydrogens (tertiary/aromatic N) is 1. The van der Waals surface area contributed by atoms with E-state index in [-0.39, 0.29) is 11.3 Å². The lowest BCUT2D eigenvalue weighted by atomic mass is 10.2. The summed E-state index contributed by atoms with van der Waals surface area (Å²) in [6.45, 7) is 0. The number of rotatable bonds is 1. The Morgan fingerprint density at radius 3 is 2.75 bits per heavy atom. The van der Waals surface area contributed by atoms with Crippen molar-refractivity contribution in [2.24, 2.45) is 0 Å². The molecular formula is C10H7ClN2O3. The molecule has 0 aliphatic rings. The zero-order valence-electron chi connectivity index (χ0n) is 8.28. The number of halogens is 1. The number of nitriles is 1. The molecule has 0 aliphatic heterocycles. The number of carbonyl (C=O) groups excluding carboxylic acids is 2. The van der Waals surface area contributed by atoms with Crippen LogP contribution in [0.15, 0.2) is 18.2 Å². The number of ether oxygens (including phenoxy) is 1. The van der Waals surface area contributed by atoms with Gasteiger partial charge in [-0.25, -0.2) is 4.79 Å². The summed E-state index contributed by atoms with van der Waals surface area (Å²) in [6, 6.07) is 6.18. The molecule has 0 saturated carbocycles. The molecular weight excluding hydrogens is 232 g/mol.